The number of benzene rings is 2. The summed E-state index contributed by atoms with van der Waals surface area (Å²) in [6.45, 7) is 5.80. The minimum Gasteiger partial charge on any atom is -0.496 e. The van der Waals surface area contributed by atoms with Gasteiger partial charge in [-0.15, -0.1) is 0 Å². The first-order valence-electron chi connectivity index (χ1n) is 12.8. The summed E-state index contributed by atoms with van der Waals surface area (Å²) in [4.78, 5) is 23.3. The van der Waals surface area contributed by atoms with Crippen LogP contribution in [0.5, 0.6) is 5.75 Å². The molecule has 2 aliphatic rings. The third kappa shape index (κ3) is 4.91. The number of amides is 2. The van der Waals surface area contributed by atoms with E-state index in [9.17, 15) is 18.0 Å². The second kappa shape index (κ2) is 10.2. The second-order valence-electron chi connectivity index (χ2n) is 9.84. The predicted molar refractivity (Wildman–Crippen MR) is 137 cm³/mol. The van der Waals surface area contributed by atoms with Crippen LogP contribution in [0.4, 0.5) is 23.7 Å². The number of methoxy groups -OCH3 is 1. The Morgan fingerprint density at radius 3 is 2.61 bits per heavy atom. The molecule has 0 radical (unpaired) electrons. The van der Waals surface area contributed by atoms with Crippen molar-refractivity contribution in [2.24, 2.45) is 0 Å². The summed E-state index contributed by atoms with van der Waals surface area (Å²) in [6, 6.07) is 10.7. The number of rotatable bonds is 4. The Kier molecular flexibility index (Phi) is 6.98. The van der Waals surface area contributed by atoms with Gasteiger partial charge in [0, 0.05) is 50.9 Å². The van der Waals surface area contributed by atoms with Crippen LogP contribution in [0.25, 0.3) is 11.3 Å². The van der Waals surface area contributed by atoms with E-state index >= 15 is 0 Å². The molecule has 202 valence electrons. The SMILES string of the molecule is COc1cc(N2CCN(C(=O)N3CCCC3c3ccccc3C(F)(F)F)C[C@@H]2C)ccc1-c1cnc(C)o1. The van der Waals surface area contributed by atoms with Crippen LogP contribution < -0.4 is 9.64 Å². The van der Waals surface area contributed by atoms with Gasteiger partial charge in [0.25, 0.3) is 0 Å². The number of nitrogens with zero attached hydrogens (tertiary/aromatic N) is 4. The number of carbonyl (C=O) groups is 1. The van der Waals surface area contributed by atoms with Crippen LogP contribution in [0.3, 0.4) is 0 Å². The van der Waals surface area contributed by atoms with Gasteiger partial charge in [-0.05, 0) is 43.5 Å². The van der Waals surface area contributed by atoms with E-state index in [1.807, 2.05) is 25.1 Å². The standard InChI is InChI=1S/C28H31F3N4O3/c1-18-17-33(27(36)35-12-6-9-24(35)21-7-4-5-8-23(21)28(29,30)31)13-14-34(18)20-10-11-22(25(15-20)37-3)26-16-32-19(2)38-26/h4-5,7-8,10-11,15-16,18,24H,6,9,12-14,17H2,1-3H3/t18-,24?/m0/s1. The van der Waals surface area contributed by atoms with Gasteiger partial charge in [-0.3, -0.25) is 0 Å². The van der Waals surface area contributed by atoms with Gasteiger partial charge >= 0.3 is 12.2 Å². The third-order valence-corrected chi connectivity index (χ3v) is 7.43. The zero-order valence-electron chi connectivity index (χ0n) is 21.7. The quantitative estimate of drug-likeness (QED) is 0.407. The van der Waals surface area contributed by atoms with Crippen molar-refractivity contribution < 1.29 is 27.1 Å². The van der Waals surface area contributed by atoms with Crippen molar-refractivity contribution in [3.63, 3.8) is 0 Å². The molecule has 0 aliphatic carbocycles. The topological polar surface area (TPSA) is 62.1 Å². The zero-order chi connectivity index (χ0) is 27.0. The summed E-state index contributed by atoms with van der Waals surface area (Å²) >= 11 is 0. The van der Waals surface area contributed by atoms with E-state index in [4.69, 9.17) is 9.15 Å². The normalized spacial score (nSPS) is 20.2. The number of piperazine rings is 1. The number of urea groups is 1. The first kappa shape index (κ1) is 25.9. The number of carbonyl (C=O) groups excluding carboxylic acids is 1. The van der Waals surface area contributed by atoms with E-state index in [0.29, 0.717) is 56.4 Å². The first-order valence-corrected chi connectivity index (χ1v) is 12.8. The van der Waals surface area contributed by atoms with Crippen LogP contribution in [0, 0.1) is 6.92 Å². The minimum absolute atomic E-state index is 0.000653. The lowest BCUT2D eigenvalue weighted by atomic mass is 9.98. The van der Waals surface area contributed by atoms with E-state index < -0.39 is 17.8 Å². The molecular weight excluding hydrogens is 497 g/mol. The van der Waals surface area contributed by atoms with E-state index in [-0.39, 0.29) is 17.6 Å². The Bertz CT molecular complexity index is 1310. The molecule has 2 aromatic carbocycles. The molecule has 2 aliphatic heterocycles. The van der Waals surface area contributed by atoms with Gasteiger partial charge in [-0.25, -0.2) is 9.78 Å². The third-order valence-electron chi connectivity index (χ3n) is 7.43. The number of alkyl halides is 3. The van der Waals surface area contributed by atoms with Gasteiger partial charge in [0.15, 0.2) is 11.7 Å². The molecular formula is C28H31F3N4O3. The van der Waals surface area contributed by atoms with Crippen molar-refractivity contribution >= 4 is 11.7 Å². The lowest BCUT2D eigenvalue weighted by Gasteiger charge is -2.43. The molecule has 1 aromatic heterocycles. The molecule has 5 rings (SSSR count). The van der Waals surface area contributed by atoms with Gasteiger partial charge < -0.3 is 23.9 Å². The number of oxazole rings is 1. The molecule has 2 atom stereocenters. The van der Waals surface area contributed by atoms with Gasteiger partial charge in [0.1, 0.15) is 5.75 Å². The number of aromatic nitrogens is 1. The molecule has 2 amide bonds. The van der Waals surface area contributed by atoms with E-state index in [2.05, 4.69) is 9.88 Å². The summed E-state index contributed by atoms with van der Waals surface area (Å²) in [6.07, 6.45) is -1.60. The largest absolute Gasteiger partial charge is 0.496 e. The molecule has 3 heterocycles. The Hall–Kier alpha value is -3.69. The molecule has 0 saturated carbocycles. The Balaban J connectivity index is 1.31. The van der Waals surface area contributed by atoms with Crippen molar-refractivity contribution in [3.05, 3.63) is 65.7 Å². The highest BCUT2D eigenvalue weighted by atomic mass is 19.4. The summed E-state index contributed by atoms with van der Waals surface area (Å²) in [7, 11) is 1.61. The number of aryl methyl sites for hydroxylation is 1. The fourth-order valence-corrected chi connectivity index (χ4v) is 5.61. The summed E-state index contributed by atoms with van der Waals surface area (Å²) in [5.74, 6) is 1.86. The maximum Gasteiger partial charge on any atom is 0.416 e. The van der Waals surface area contributed by atoms with Crippen LogP contribution in [0.15, 0.2) is 53.1 Å². The highest BCUT2D eigenvalue weighted by molar-refractivity contribution is 5.76. The van der Waals surface area contributed by atoms with E-state index in [1.165, 1.54) is 12.1 Å². The van der Waals surface area contributed by atoms with Crippen molar-refractivity contribution in [1.82, 2.24) is 14.8 Å². The van der Waals surface area contributed by atoms with Crippen LogP contribution in [0.2, 0.25) is 0 Å². The lowest BCUT2D eigenvalue weighted by Crippen LogP contribution is -2.56. The van der Waals surface area contributed by atoms with Crippen molar-refractivity contribution in [3.8, 4) is 17.1 Å². The van der Waals surface area contributed by atoms with Gasteiger partial charge in [0.05, 0.1) is 30.5 Å². The molecule has 7 nitrogen and oxygen atoms in total. The van der Waals surface area contributed by atoms with Gasteiger partial charge in [-0.2, -0.15) is 13.2 Å². The molecule has 38 heavy (non-hydrogen) atoms. The molecule has 2 fully saturated rings. The average Bonchev–Trinajstić information content (AvgIpc) is 3.56. The fraction of sp³-hybridized carbons (Fsp3) is 0.429. The number of ether oxygens (including phenoxy) is 1. The van der Waals surface area contributed by atoms with Crippen LogP contribution >= 0.6 is 0 Å². The fourth-order valence-electron chi connectivity index (χ4n) is 5.61. The Labute approximate surface area is 219 Å². The molecule has 0 N–H and O–H groups in total. The Morgan fingerprint density at radius 2 is 1.92 bits per heavy atom. The van der Waals surface area contributed by atoms with E-state index in [0.717, 1.165) is 17.3 Å². The van der Waals surface area contributed by atoms with Crippen molar-refractivity contribution in [2.45, 2.75) is 44.9 Å². The lowest BCUT2D eigenvalue weighted by molar-refractivity contribution is -0.138. The first-order chi connectivity index (χ1) is 18.2. The monoisotopic (exact) mass is 528 g/mol. The Morgan fingerprint density at radius 1 is 1.13 bits per heavy atom. The van der Waals surface area contributed by atoms with Gasteiger partial charge in [0.2, 0.25) is 0 Å². The minimum atomic E-state index is -4.46. The number of likely N-dealkylation sites (tertiary alicyclic amines) is 1. The van der Waals surface area contributed by atoms with Crippen LogP contribution in [0.1, 0.15) is 42.8 Å². The van der Waals surface area contributed by atoms with E-state index in [1.54, 1.807) is 36.1 Å². The average molecular weight is 529 g/mol. The van der Waals surface area contributed by atoms with Crippen molar-refractivity contribution in [2.75, 3.05) is 38.2 Å². The van der Waals surface area contributed by atoms with Crippen LogP contribution in [-0.2, 0) is 6.18 Å². The number of anilines is 1. The predicted octanol–water partition coefficient (Wildman–Crippen LogP) is 6.15. The summed E-state index contributed by atoms with van der Waals surface area (Å²) in [5.41, 5.74) is 1.27. The molecule has 10 heteroatoms. The maximum absolute atomic E-state index is 13.7. The maximum atomic E-state index is 13.7. The highest BCUT2D eigenvalue weighted by Crippen LogP contribution is 2.41. The summed E-state index contributed by atoms with van der Waals surface area (Å²) < 4.78 is 52.3. The highest BCUT2D eigenvalue weighted by Gasteiger charge is 2.40. The second-order valence-corrected chi connectivity index (χ2v) is 9.84. The molecule has 2 saturated heterocycles. The van der Waals surface area contributed by atoms with Crippen molar-refractivity contribution in [1.29, 1.82) is 0 Å². The molecule has 3 aromatic rings. The van der Waals surface area contributed by atoms with Crippen LogP contribution in [-0.4, -0.2) is 60.1 Å². The summed E-state index contributed by atoms with van der Waals surface area (Å²) in [5, 5.41) is 0. The smallest absolute Gasteiger partial charge is 0.416 e. The molecule has 1 unspecified atom stereocenters. The number of hydrogen-bond donors (Lipinski definition) is 0. The zero-order valence-corrected chi connectivity index (χ0v) is 21.7. The molecule has 0 bridgehead atoms. The number of halogens is 3. The molecule has 0 spiro atoms. The number of hydrogen-bond acceptors (Lipinski definition) is 5. The van der Waals surface area contributed by atoms with Gasteiger partial charge in [-0.1, -0.05) is 18.2 Å².